The summed E-state index contributed by atoms with van der Waals surface area (Å²) in [6.07, 6.45) is 0.911. The second-order valence-corrected chi connectivity index (χ2v) is 3.97. The molecule has 1 N–H and O–H groups in total. The fourth-order valence-electron chi connectivity index (χ4n) is 2.06. The SMILES string of the molecule is CC[C@@H](C(=O)O)N1C[C@@H](C)O[C@@H](C)C1. The average Bonchev–Trinajstić information content (AvgIpc) is 2.02. The van der Waals surface area contributed by atoms with Gasteiger partial charge in [-0.05, 0) is 20.3 Å². The lowest BCUT2D eigenvalue weighted by molar-refractivity contribution is -0.149. The number of hydrogen-bond acceptors (Lipinski definition) is 3. The van der Waals surface area contributed by atoms with E-state index in [1.54, 1.807) is 0 Å². The maximum absolute atomic E-state index is 11.0. The normalized spacial score (nSPS) is 31.4. The van der Waals surface area contributed by atoms with Crippen LogP contribution in [0.1, 0.15) is 27.2 Å². The average molecular weight is 201 g/mol. The van der Waals surface area contributed by atoms with Crippen molar-refractivity contribution in [1.29, 1.82) is 0 Å². The van der Waals surface area contributed by atoms with E-state index >= 15 is 0 Å². The maximum atomic E-state index is 11.0. The zero-order chi connectivity index (χ0) is 10.7. The highest BCUT2D eigenvalue weighted by Gasteiger charge is 2.30. The summed E-state index contributed by atoms with van der Waals surface area (Å²) in [6, 6.07) is -0.358. The molecule has 0 aromatic heterocycles. The molecule has 0 amide bonds. The Hall–Kier alpha value is -0.610. The summed E-state index contributed by atoms with van der Waals surface area (Å²) in [5.41, 5.74) is 0. The molecule has 0 saturated carbocycles. The number of aliphatic carboxylic acids is 1. The largest absolute Gasteiger partial charge is 0.480 e. The number of rotatable bonds is 3. The van der Waals surface area contributed by atoms with Gasteiger partial charge in [0.1, 0.15) is 6.04 Å². The number of carboxylic acids is 1. The molecule has 0 aliphatic carbocycles. The highest BCUT2D eigenvalue weighted by atomic mass is 16.5. The first-order valence-electron chi connectivity index (χ1n) is 5.17. The van der Waals surface area contributed by atoms with E-state index in [1.165, 1.54) is 0 Å². The summed E-state index contributed by atoms with van der Waals surface area (Å²) in [5.74, 6) is -0.728. The van der Waals surface area contributed by atoms with E-state index in [1.807, 2.05) is 25.7 Å². The lowest BCUT2D eigenvalue weighted by Crippen LogP contribution is -2.52. The molecule has 0 aromatic carbocycles. The molecule has 0 spiro atoms. The lowest BCUT2D eigenvalue weighted by atomic mass is 10.1. The Balaban J connectivity index is 2.61. The molecule has 14 heavy (non-hydrogen) atoms. The van der Waals surface area contributed by atoms with Crippen LogP contribution in [0.4, 0.5) is 0 Å². The van der Waals surface area contributed by atoms with Gasteiger partial charge in [-0.25, -0.2) is 0 Å². The van der Waals surface area contributed by atoms with Gasteiger partial charge >= 0.3 is 5.97 Å². The first-order valence-corrected chi connectivity index (χ1v) is 5.17. The molecule has 4 heteroatoms. The van der Waals surface area contributed by atoms with Crippen LogP contribution in [-0.4, -0.2) is 47.3 Å². The number of morpholine rings is 1. The monoisotopic (exact) mass is 201 g/mol. The molecular formula is C10H19NO3. The number of carbonyl (C=O) groups is 1. The molecule has 0 radical (unpaired) electrons. The molecule has 1 saturated heterocycles. The number of carboxylic acid groups (broad SMARTS) is 1. The third-order valence-corrected chi connectivity index (χ3v) is 2.56. The smallest absolute Gasteiger partial charge is 0.320 e. The van der Waals surface area contributed by atoms with Crippen molar-refractivity contribution in [3.8, 4) is 0 Å². The molecule has 1 fully saturated rings. The number of ether oxygens (including phenoxy) is 1. The lowest BCUT2D eigenvalue weighted by Gasteiger charge is -2.38. The van der Waals surface area contributed by atoms with Crippen molar-refractivity contribution >= 4 is 5.97 Å². The summed E-state index contributed by atoms with van der Waals surface area (Å²) in [5, 5.41) is 9.02. The van der Waals surface area contributed by atoms with Crippen molar-refractivity contribution in [2.75, 3.05) is 13.1 Å². The van der Waals surface area contributed by atoms with E-state index in [-0.39, 0.29) is 18.2 Å². The van der Waals surface area contributed by atoms with E-state index in [4.69, 9.17) is 9.84 Å². The molecule has 0 aromatic rings. The zero-order valence-corrected chi connectivity index (χ0v) is 9.06. The first-order chi connectivity index (χ1) is 6.54. The van der Waals surface area contributed by atoms with Gasteiger partial charge < -0.3 is 9.84 Å². The second kappa shape index (κ2) is 4.75. The fraction of sp³-hybridized carbons (Fsp3) is 0.900. The van der Waals surface area contributed by atoms with Crippen molar-refractivity contribution in [2.24, 2.45) is 0 Å². The number of nitrogens with zero attached hydrogens (tertiary/aromatic N) is 1. The van der Waals surface area contributed by atoms with Crippen molar-refractivity contribution in [3.63, 3.8) is 0 Å². The standard InChI is InChI=1S/C10H19NO3/c1-4-9(10(12)13)11-5-7(2)14-8(3)6-11/h7-9H,4-6H2,1-3H3,(H,12,13)/t7-,8+,9-/m0/s1. The van der Waals surface area contributed by atoms with Crippen LogP contribution in [0.5, 0.6) is 0 Å². The minimum atomic E-state index is -0.728. The zero-order valence-electron chi connectivity index (χ0n) is 9.06. The quantitative estimate of drug-likeness (QED) is 0.739. The molecule has 4 nitrogen and oxygen atoms in total. The molecular weight excluding hydrogens is 182 g/mol. The first kappa shape index (κ1) is 11.5. The van der Waals surface area contributed by atoms with Crippen molar-refractivity contribution in [2.45, 2.75) is 45.4 Å². The highest BCUT2D eigenvalue weighted by molar-refractivity contribution is 5.73. The Labute approximate surface area is 84.8 Å². The summed E-state index contributed by atoms with van der Waals surface area (Å²) in [4.78, 5) is 13.0. The van der Waals surface area contributed by atoms with Gasteiger partial charge in [0.25, 0.3) is 0 Å². The van der Waals surface area contributed by atoms with Gasteiger partial charge in [-0.3, -0.25) is 9.69 Å². The van der Waals surface area contributed by atoms with E-state index in [9.17, 15) is 4.79 Å². The predicted molar refractivity (Wildman–Crippen MR) is 53.3 cm³/mol. The maximum Gasteiger partial charge on any atom is 0.320 e. The van der Waals surface area contributed by atoms with Crippen LogP contribution < -0.4 is 0 Å². The van der Waals surface area contributed by atoms with Crippen LogP contribution in [0, 0.1) is 0 Å². The van der Waals surface area contributed by atoms with Crippen molar-refractivity contribution < 1.29 is 14.6 Å². The Bertz CT molecular complexity index is 198. The number of hydrogen-bond donors (Lipinski definition) is 1. The predicted octanol–water partition coefficient (Wildman–Crippen LogP) is 0.959. The summed E-state index contributed by atoms with van der Waals surface area (Å²) in [6.45, 7) is 7.31. The molecule has 1 rings (SSSR count). The van der Waals surface area contributed by atoms with Gasteiger partial charge in [0, 0.05) is 13.1 Å². The van der Waals surface area contributed by atoms with Gasteiger partial charge in [0.05, 0.1) is 12.2 Å². The van der Waals surface area contributed by atoms with Gasteiger partial charge in [0.2, 0.25) is 0 Å². The Morgan fingerprint density at radius 1 is 1.50 bits per heavy atom. The van der Waals surface area contributed by atoms with E-state index in [2.05, 4.69) is 0 Å². The third-order valence-electron chi connectivity index (χ3n) is 2.56. The molecule has 3 atom stereocenters. The topological polar surface area (TPSA) is 49.8 Å². The summed E-state index contributed by atoms with van der Waals surface area (Å²) >= 11 is 0. The van der Waals surface area contributed by atoms with Crippen LogP contribution in [0.15, 0.2) is 0 Å². The van der Waals surface area contributed by atoms with E-state index in [0.717, 1.165) is 13.1 Å². The van der Waals surface area contributed by atoms with E-state index < -0.39 is 5.97 Å². The molecule has 82 valence electrons. The Morgan fingerprint density at radius 3 is 2.36 bits per heavy atom. The minimum absolute atomic E-state index is 0.132. The van der Waals surface area contributed by atoms with Gasteiger partial charge in [-0.2, -0.15) is 0 Å². The Kier molecular flexibility index (Phi) is 3.89. The van der Waals surface area contributed by atoms with Crippen LogP contribution in [-0.2, 0) is 9.53 Å². The summed E-state index contributed by atoms with van der Waals surface area (Å²) in [7, 11) is 0. The van der Waals surface area contributed by atoms with Crippen LogP contribution >= 0.6 is 0 Å². The van der Waals surface area contributed by atoms with Crippen LogP contribution in [0.2, 0.25) is 0 Å². The highest BCUT2D eigenvalue weighted by Crippen LogP contribution is 2.15. The van der Waals surface area contributed by atoms with Crippen LogP contribution in [0.25, 0.3) is 0 Å². The molecule has 1 heterocycles. The molecule has 1 aliphatic rings. The van der Waals surface area contributed by atoms with E-state index in [0.29, 0.717) is 6.42 Å². The molecule has 0 unspecified atom stereocenters. The fourth-order valence-corrected chi connectivity index (χ4v) is 2.06. The molecule has 1 aliphatic heterocycles. The van der Waals surface area contributed by atoms with Gasteiger partial charge in [-0.1, -0.05) is 6.92 Å². The molecule has 0 bridgehead atoms. The second-order valence-electron chi connectivity index (χ2n) is 3.97. The van der Waals surface area contributed by atoms with Crippen LogP contribution in [0.3, 0.4) is 0 Å². The van der Waals surface area contributed by atoms with Gasteiger partial charge in [-0.15, -0.1) is 0 Å². The summed E-state index contributed by atoms with van der Waals surface area (Å²) < 4.78 is 5.56. The third kappa shape index (κ3) is 2.69. The van der Waals surface area contributed by atoms with Crippen molar-refractivity contribution in [3.05, 3.63) is 0 Å². The Morgan fingerprint density at radius 2 is 2.00 bits per heavy atom. The van der Waals surface area contributed by atoms with Crippen molar-refractivity contribution in [1.82, 2.24) is 4.90 Å². The van der Waals surface area contributed by atoms with Gasteiger partial charge in [0.15, 0.2) is 0 Å². The minimum Gasteiger partial charge on any atom is -0.480 e.